The topological polar surface area (TPSA) is 69.1 Å². The highest BCUT2D eigenvalue weighted by Crippen LogP contribution is 2.36. The van der Waals surface area contributed by atoms with E-state index < -0.39 is 11.9 Å². The van der Waals surface area contributed by atoms with Crippen molar-refractivity contribution in [2.24, 2.45) is 0 Å². The number of hydrogen-bond acceptors (Lipinski definition) is 4. The van der Waals surface area contributed by atoms with Gasteiger partial charge in [-0.2, -0.15) is 13.2 Å². The van der Waals surface area contributed by atoms with Crippen molar-refractivity contribution in [1.82, 2.24) is 19.4 Å². The minimum absolute atomic E-state index is 0.199. The number of pyridine rings is 1. The number of anilines is 1. The summed E-state index contributed by atoms with van der Waals surface area (Å²) in [6, 6.07) is 11.8. The number of aromatic nitrogens is 4. The van der Waals surface area contributed by atoms with E-state index in [0.717, 1.165) is 11.6 Å². The van der Waals surface area contributed by atoms with E-state index in [-0.39, 0.29) is 11.5 Å². The van der Waals surface area contributed by atoms with Crippen LogP contribution in [0.4, 0.5) is 19.0 Å². The lowest BCUT2D eigenvalue weighted by Gasteiger charge is -2.15. The third-order valence-corrected chi connectivity index (χ3v) is 4.13. The van der Waals surface area contributed by atoms with Crippen molar-refractivity contribution in [3.05, 3.63) is 66.2 Å². The van der Waals surface area contributed by atoms with Gasteiger partial charge >= 0.3 is 6.18 Å². The van der Waals surface area contributed by atoms with Gasteiger partial charge < -0.3 is 5.73 Å². The number of rotatable bonds is 2. The van der Waals surface area contributed by atoms with Crippen molar-refractivity contribution in [1.29, 1.82) is 0 Å². The fraction of sp³-hybridized carbons (Fsp3) is 0.105. The number of nitrogens with two attached hydrogens (primary N) is 1. The smallest absolute Gasteiger partial charge is 0.381 e. The molecule has 3 aromatic heterocycles. The van der Waals surface area contributed by atoms with E-state index in [9.17, 15) is 13.2 Å². The summed E-state index contributed by atoms with van der Waals surface area (Å²) in [5.41, 5.74) is 7.72. The number of halogens is 3. The van der Waals surface area contributed by atoms with Gasteiger partial charge in [0.15, 0.2) is 11.5 Å². The Morgan fingerprint density at radius 3 is 2.44 bits per heavy atom. The first-order chi connectivity index (χ1) is 12.8. The lowest BCUT2D eigenvalue weighted by molar-refractivity contribution is -0.141. The van der Waals surface area contributed by atoms with Crippen molar-refractivity contribution < 1.29 is 13.2 Å². The second-order valence-corrected chi connectivity index (χ2v) is 6.06. The molecule has 3 heterocycles. The van der Waals surface area contributed by atoms with Gasteiger partial charge in [0, 0.05) is 29.2 Å². The normalized spacial score (nSPS) is 11.9. The Hall–Kier alpha value is -3.42. The number of fused-ring (bicyclic) bond motifs is 1. The van der Waals surface area contributed by atoms with Crippen molar-refractivity contribution in [3.8, 4) is 22.5 Å². The first-order valence-corrected chi connectivity index (χ1v) is 8.09. The molecule has 0 fully saturated rings. The standard InChI is InChI=1S/C19H14F3N5/c1-11-9-13(10-14(25-11)19(20,21)22)16-15(12-5-3-2-4-6-12)26-17(23)18-24-7-8-27(16)18/h2-10H,1H3,(H2,23,26). The molecule has 0 saturated carbocycles. The van der Waals surface area contributed by atoms with Gasteiger partial charge in [-0.3, -0.25) is 4.40 Å². The van der Waals surface area contributed by atoms with Crippen molar-refractivity contribution >= 4 is 11.5 Å². The number of benzene rings is 1. The first kappa shape index (κ1) is 17.0. The van der Waals surface area contributed by atoms with E-state index in [1.54, 1.807) is 16.7 Å². The van der Waals surface area contributed by atoms with Crippen LogP contribution in [-0.2, 0) is 6.18 Å². The van der Waals surface area contributed by atoms with Crippen molar-refractivity contribution in [3.63, 3.8) is 0 Å². The van der Waals surface area contributed by atoms with E-state index in [1.807, 2.05) is 30.3 Å². The SMILES string of the molecule is Cc1cc(-c2c(-c3ccccc3)nc(N)c3nccn23)cc(C(F)(F)F)n1. The van der Waals surface area contributed by atoms with E-state index in [4.69, 9.17) is 5.73 Å². The Bertz CT molecular complexity index is 1130. The Morgan fingerprint density at radius 2 is 1.74 bits per heavy atom. The predicted octanol–water partition coefficient (Wildman–Crippen LogP) is 4.37. The van der Waals surface area contributed by atoms with Gasteiger partial charge in [-0.15, -0.1) is 0 Å². The molecule has 4 rings (SSSR count). The minimum atomic E-state index is -4.55. The highest BCUT2D eigenvalue weighted by Gasteiger charge is 2.33. The average molecular weight is 369 g/mol. The maximum atomic E-state index is 13.3. The maximum Gasteiger partial charge on any atom is 0.433 e. The summed E-state index contributed by atoms with van der Waals surface area (Å²) in [6.45, 7) is 1.52. The minimum Gasteiger partial charge on any atom is -0.381 e. The number of aryl methyl sites for hydroxylation is 1. The molecule has 0 amide bonds. The summed E-state index contributed by atoms with van der Waals surface area (Å²) < 4.78 is 41.5. The molecular formula is C19H14F3N5. The molecule has 0 bridgehead atoms. The molecule has 0 aliphatic carbocycles. The van der Waals surface area contributed by atoms with Gasteiger partial charge in [-0.05, 0) is 19.1 Å². The zero-order valence-electron chi connectivity index (χ0n) is 14.2. The fourth-order valence-corrected chi connectivity index (χ4v) is 3.03. The Labute approximate surface area is 152 Å². The van der Waals surface area contributed by atoms with Crippen LogP contribution in [0.5, 0.6) is 0 Å². The third-order valence-electron chi connectivity index (χ3n) is 4.13. The number of nitrogens with zero attached hydrogens (tertiary/aromatic N) is 4. The lowest BCUT2D eigenvalue weighted by Crippen LogP contribution is -2.10. The highest BCUT2D eigenvalue weighted by molar-refractivity contribution is 5.83. The molecule has 1 aromatic carbocycles. The molecule has 8 heteroatoms. The van der Waals surface area contributed by atoms with Crippen LogP contribution in [0.1, 0.15) is 11.4 Å². The summed E-state index contributed by atoms with van der Waals surface area (Å²) >= 11 is 0. The van der Waals surface area contributed by atoms with Gasteiger partial charge in [0.1, 0.15) is 5.69 Å². The van der Waals surface area contributed by atoms with E-state index in [0.29, 0.717) is 22.6 Å². The van der Waals surface area contributed by atoms with Gasteiger partial charge in [0.05, 0.1) is 11.4 Å². The highest BCUT2D eigenvalue weighted by atomic mass is 19.4. The van der Waals surface area contributed by atoms with E-state index in [2.05, 4.69) is 15.0 Å². The molecule has 4 aromatic rings. The fourth-order valence-electron chi connectivity index (χ4n) is 3.03. The van der Waals surface area contributed by atoms with Crippen molar-refractivity contribution in [2.75, 3.05) is 5.73 Å². The van der Waals surface area contributed by atoms with E-state index >= 15 is 0 Å². The van der Waals surface area contributed by atoms with E-state index in [1.165, 1.54) is 13.1 Å². The van der Waals surface area contributed by atoms with Crippen LogP contribution in [0.2, 0.25) is 0 Å². The monoisotopic (exact) mass is 369 g/mol. The molecule has 0 unspecified atom stereocenters. The van der Waals surface area contributed by atoms with Crippen LogP contribution in [0.3, 0.4) is 0 Å². The molecule has 0 atom stereocenters. The predicted molar refractivity (Wildman–Crippen MR) is 95.8 cm³/mol. The second-order valence-electron chi connectivity index (χ2n) is 6.06. The van der Waals surface area contributed by atoms with Gasteiger partial charge in [0.2, 0.25) is 0 Å². The van der Waals surface area contributed by atoms with Crippen LogP contribution in [0.25, 0.3) is 28.2 Å². The van der Waals surface area contributed by atoms with Crippen molar-refractivity contribution in [2.45, 2.75) is 13.1 Å². The van der Waals surface area contributed by atoms with Crippen LogP contribution < -0.4 is 5.73 Å². The molecule has 0 aliphatic heterocycles. The Balaban J connectivity index is 2.09. The van der Waals surface area contributed by atoms with Gasteiger partial charge in [-0.1, -0.05) is 30.3 Å². The Kier molecular flexibility index (Phi) is 3.83. The molecule has 0 radical (unpaired) electrons. The summed E-state index contributed by atoms with van der Waals surface area (Å²) in [6.07, 6.45) is -1.37. The molecule has 2 N–H and O–H groups in total. The molecular weight excluding hydrogens is 355 g/mol. The number of alkyl halides is 3. The summed E-state index contributed by atoms with van der Waals surface area (Å²) in [4.78, 5) is 12.2. The zero-order chi connectivity index (χ0) is 19.2. The third kappa shape index (κ3) is 2.99. The quantitative estimate of drug-likeness (QED) is 0.570. The van der Waals surface area contributed by atoms with Gasteiger partial charge in [0.25, 0.3) is 0 Å². The first-order valence-electron chi connectivity index (χ1n) is 8.09. The second kappa shape index (κ2) is 6.08. The summed E-state index contributed by atoms with van der Waals surface area (Å²) in [7, 11) is 0. The molecule has 0 saturated heterocycles. The summed E-state index contributed by atoms with van der Waals surface area (Å²) in [5, 5.41) is 0. The number of imidazole rings is 1. The molecule has 0 aliphatic rings. The van der Waals surface area contributed by atoms with Crippen LogP contribution in [0, 0.1) is 6.92 Å². The summed E-state index contributed by atoms with van der Waals surface area (Å²) in [5.74, 6) is 0.199. The van der Waals surface area contributed by atoms with Crippen LogP contribution >= 0.6 is 0 Å². The zero-order valence-corrected chi connectivity index (χ0v) is 14.2. The van der Waals surface area contributed by atoms with Crippen LogP contribution in [0.15, 0.2) is 54.9 Å². The van der Waals surface area contributed by atoms with Crippen LogP contribution in [-0.4, -0.2) is 19.4 Å². The maximum absolute atomic E-state index is 13.3. The molecule has 0 spiro atoms. The number of hydrogen-bond donors (Lipinski definition) is 1. The molecule has 27 heavy (non-hydrogen) atoms. The number of nitrogen functional groups attached to an aromatic ring is 1. The lowest BCUT2D eigenvalue weighted by atomic mass is 10.0. The average Bonchev–Trinajstić information content (AvgIpc) is 3.11. The Morgan fingerprint density at radius 1 is 1.00 bits per heavy atom. The molecule has 5 nitrogen and oxygen atoms in total. The van der Waals surface area contributed by atoms with Gasteiger partial charge in [-0.25, -0.2) is 15.0 Å². The largest absolute Gasteiger partial charge is 0.433 e. The molecule has 136 valence electrons.